The lowest BCUT2D eigenvalue weighted by Crippen LogP contribution is -2.30. The number of unbranched alkanes of at least 4 members (excludes halogenated alkanes) is 46. The van der Waals surface area contributed by atoms with Crippen molar-refractivity contribution in [2.75, 3.05) is 13.2 Å². The zero-order chi connectivity index (χ0) is 52.9. The van der Waals surface area contributed by atoms with Crippen molar-refractivity contribution in [2.45, 2.75) is 374 Å². The molecule has 430 valence electrons. The summed E-state index contributed by atoms with van der Waals surface area (Å²) in [5.74, 6) is -0.847. The van der Waals surface area contributed by atoms with Crippen LogP contribution in [0.4, 0.5) is 0 Å². The minimum Gasteiger partial charge on any atom is -0.462 e. The normalized spacial score (nSPS) is 12.1. The highest BCUT2D eigenvalue weighted by atomic mass is 16.6. The molecule has 1 atom stereocenters. The van der Waals surface area contributed by atoms with E-state index in [-0.39, 0.29) is 31.1 Å². The Hall–Kier alpha value is -2.11. The van der Waals surface area contributed by atoms with Crippen LogP contribution < -0.4 is 0 Å². The Kier molecular flexibility index (Phi) is 60.6. The Morgan fingerprint density at radius 1 is 0.274 bits per heavy atom. The van der Waals surface area contributed by atoms with Gasteiger partial charge in [-0.3, -0.25) is 14.4 Å². The maximum Gasteiger partial charge on any atom is 0.306 e. The van der Waals surface area contributed by atoms with E-state index in [9.17, 15) is 14.4 Å². The van der Waals surface area contributed by atoms with Crippen LogP contribution in [0.5, 0.6) is 0 Å². The lowest BCUT2D eigenvalue weighted by atomic mass is 10.0. The molecule has 0 fully saturated rings. The van der Waals surface area contributed by atoms with Crippen molar-refractivity contribution in [3.63, 3.8) is 0 Å². The van der Waals surface area contributed by atoms with Crippen molar-refractivity contribution in [1.29, 1.82) is 0 Å². The van der Waals surface area contributed by atoms with Gasteiger partial charge in [0.25, 0.3) is 0 Å². The molecular formula is C67H126O6. The first-order chi connectivity index (χ1) is 36.0. The zero-order valence-corrected chi connectivity index (χ0v) is 49.4. The number of hydrogen-bond acceptors (Lipinski definition) is 6. The molecule has 0 bridgehead atoms. The van der Waals surface area contributed by atoms with Gasteiger partial charge in [-0.2, -0.15) is 0 Å². The summed E-state index contributed by atoms with van der Waals surface area (Å²) in [6, 6.07) is 0. The van der Waals surface area contributed by atoms with Gasteiger partial charge in [0.15, 0.2) is 6.10 Å². The predicted molar refractivity (Wildman–Crippen MR) is 316 cm³/mol. The van der Waals surface area contributed by atoms with Gasteiger partial charge in [-0.15, -0.1) is 0 Å². The van der Waals surface area contributed by atoms with Crippen LogP contribution in [-0.2, 0) is 28.6 Å². The van der Waals surface area contributed by atoms with E-state index in [1.54, 1.807) is 0 Å². The van der Waals surface area contributed by atoms with Crippen LogP contribution in [-0.4, -0.2) is 37.2 Å². The molecule has 0 aliphatic rings. The average Bonchev–Trinajstić information content (AvgIpc) is 3.39. The lowest BCUT2D eigenvalue weighted by Gasteiger charge is -2.18. The Labute approximate surface area is 455 Å². The van der Waals surface area contributed by atoms with Gasteiger partial charge >= 0.3 is 17.9 Å². The van der Waals surface area contributed by atoms with Crippen molar-refractivity contribution in [3.05, 3.63) is 24.3 Å². The van der Waals surface area contributed by atoms with Gasteiger partial charge in [0, 0.05) is 19.3 Å². The predicted octanol–water partition coefficient (Wildman–Crippen LogP) is 22.2. The van der Waals surface area contributed by atoms with Crippen LogP contribution in [0.3, 0.4) is 0 Å². The molecule has 0 amide bonds. The fraction of sp³-hybridized carbons (Fsp3) is 0.896. The summed E-state index contributed by atoms with van der Waals surface area (Å²) >= 11 is 0. The second-order valence-corrected chi connectivity index (χ2v) is 22.4. The fourth-order valence-corrected chi connectivity index (χ4v) is 10.0. The van der Waals surface area contributed by atoms with Crippen LogP contribution in [0, 0.1) is 0 Å². The summed E-state index contributed by atoms with van der Waals surface area (Å²) in [5, 5.41) is 0. The quantitative estimate of drug-likeness (QED) is 0.0261. The van der Waals surface area contributed by atoms with Crippen molar-refractivity contribution in [2.24, 2.45) is 0 Å². The molecule has 0 radical (unpaired) electrons. The molecule has 0 heterocycles. The van der Waals surface area contributed by atoms with E-state index in [2.05, 4.69) is 45.1 Å². The molecule has 1 unspecified atom stereocenters. The van der Waals surface area contributed by atoms with Crippen molar-refractivity contribution >= 4 is 17.9 Å². The standard InChI is InChI=1S/C67H126O6/c1-4-7-10-13-16-18-20-22-23-24-25-26-27-28-29-30-31-32-33-34-35-36-37-38-39-40-41-42-43-45-46-48-51-54-57-60-66(69)72-63-64(62-71-65(68)59-56-53-50-15-12-9-6-3)73-67(70)61-58-55-52-49-47-44-21-19-17-14-11-8-5-2/h20,22,24-25,64H,4-19,21,23,26-63H2,1-3H3/b22-20-,25-24-. The number of ether oxygens (including phenoxy) is 3. The molecule has 0 saturated heterocycles. The van der Waals surface area contributed by atoms with E-state index < -0.39 is 6.10 Å². The molecule has 0 spiro atoms. The molecule has 0 aliphatic carbocycles. The summed E-state index contributed by atoms with van der Waals surface area (Å²) < 4.78 is 16.8. The third kappa shape index (κ3) is 60.6. The van der Waals surface area contributed by atoms with Gasteiger partial charge < -0.3 is 14.2 Å². The van der Waals surface area contributed by atoms with Crippen LogP contribution in [0.2, 0.25) is 0 Å². The molecule has 0 aromatic rings. The number of carbonyl (C=O) groups is 3. The molecule has 0 rings (SSSR count). The molecule has 6 nitrogen and oxygen atoms in total. The second-order valence-electron chi connectivity index (χ2n) is 22.4. The summed E-state index contributed by atoms with van der Waals surface area (Å²) in [6.07, 6.45) is 75.3. The first-order valence-corrected chi connectivity index (χ1v) is 32.8. The Bertz CT molecular complexity index is 1180. The monoisotopic (exact) mass is 1030 g/mol. The Balaban J connectivity index is 3.87. The highest BCUT2D eigenvalue weighted by molar-refractivity contribution is 5.71. The first kappa shape index (κ1) is 70.9. The van der Waals surface area contributed by atoms with E-state index >= 15 is 0 Å². The summed E-state index contributed by atoms with van der Waals surface area (Å²) in [6.45, 7) is 6.64. The van der Waals surface area contributed by atoms with Gasteiger partial charge in [0.05, 0.1) is 0 Å². The van der Waals surface area contributed by atoms with Gasteiger partial charge in [0.1, 0.15) is 13.2 Å². The minimum atomic E-state index is -0.762. The van der Waals surface area contributed by atoms with Gasteiger partial charge in [0.2, 0.25) is 0 Å². The van der Waals surface area contributed by atoms with E-state index in [1.807, 2.05) is 0 Å². The van der Waals surface area contributed by atoms with Gasteiger partial charge in [-0.25, -0.2) is 0 Å². The third-order valence-corrected chi connectivity index (χ3v) is 15.0. The molecule has 6 heteroatoms. The van der Waals surface area contributed by atoms with E-state index in [4.69, 9.17) is 14.2 Å². The van der Waals surface area contributed by atoms with Crippen molar-refractivity contribution in [1.82, 2.24) is 0 Å². The number of rotatable bonds is 61. The summed E-state index contributed by atoms with van der Waals surface area (Å²) in [4.78, 5) is 37.9. The topological polar surface area (TPSA) is 78.9 Å². The first-order valence-electron chi connectivity index (χ1n) is 32.8. The van der Waals surface area contributed by atoms with Crippen molar-refractivity contribution in [3.8, 4) is 0 Å². The van der Waals surface area contributed by atoms with E-state index in [0.717, 1.165) is 64.2 Å². The van der Waals surface area contributed by atoms with Gasteiger partial charge in [-0.05, 0) is 51.4 Å². The molecule has 0 N–H and O–H groups in total. The van der Waals surface area contributed by atoms with Crippen LogP contribution in [0.25, 0.3) is 0 Å². The fourth-order valence-electron chi connectivity index (χ4n) is 10.0. The summed E-state index contributed by atoms with van der Waals surface area (Å²) in [7, 11) is 0. The largest absolute Gasteiger partial charge is 0.462 e. The number of hydrogen-bond donors (Lipinski definition) is 0. The molecule has 0 aromatic heterocycles. The molecule has 73 heavy (non-hydrogen) atoms. The summed E-state index contributed by atoms with van der Waals surface area (Å²) in [5.41, 5.74) is 0. The maximum atomic E-state index is 12.8. The minimum absolute atomic E-state index is 0.0640. The zero-order valence-electron chi connectivity index (χ0n) is 49.4. The smallest absolute Gasteiger partial charge is 0.306 e. The van der Waals surface area contributed by atoms with Crippen LogP contribution in [0.15, 0.2) is 24.3 Å². The average molecular weight is 1030 g/mol. The third-order valence-electron chi connectivity index (χ3n) is 15.0. The van der Waals surface area contributed by atoms with Crippen LogP contribution >= 0.6 is 0 Å². The molecule has 0 aliphatic heterocycles. The number of allylic oxidation sites excluding steroid dienone is 4. The van der Waals surface area contributed by atoms with Gasteiger partial charge in [-0.1, -0.05) is 321 Å². The van der Waals surface area contributed by atoms with E-state index in [1.165, 1.54) is 263 Å². The highest BCUT2D eigenvalue weighted by Crippen LogP contribution is 2.18. The Morgan fingerprint density at radius 2 is 0.493 bits per heavy atom. The SMILES string of the molecule is CCCCCCC/C=C\C/C=C\CCCCCCCCCCCCCCCCCCCCCCCCCC(=O)OCC(COC(=O)CCCCCCCCC)OC(=O)CCCCCCCCCCCCCCC. The lowest BCUT2D eigenvalue weighted by molar-refractivity contribution is -0.167. The Morgan fingerprint density at radius 3 is 0.753 bits per heavy atom. The van der Waals surface area contributed by atoms with Crippen LogP contribution in [0.1, 0.15) is 367 Å². The van der Waals surface area contributed by atoms with E-state index in [0.29, 0.717) is 19.3 Å². The number of carbonyl (C=O) groups excluding carboxylic acids is 3. The second kappa shape index (κ2) is 62.4. The molecular weight excluding hydrogens is 901 g/mol. The maximum absolute atomic E-state index is 12.8. The highest BCUT2D eigenvalue weighted by Gasteiger charge is 2.19. The number of esters is 3. The molecule has 0 aromatic carbocycles. The van der Waals surface area contributed by atoms with Crippen molar-refractivity contribution < 1.29 is 28.6 Å². The molecule has 0 saturated carbocycles.